The van der Waals surface area contributed by atoms with E-state index in [1.165, 1.54) is 6.42 Å². The van der Waals surface area contributed by atoms with Crippen molar-refractivity contribution in [2.24, 2.45) is 0 Å². The molecule has 1 atom stereocenters. The summed E-state index contributed by atoms with van der Waals surface area (Å²) in [4.78, 5) is 14.8. The smallest absolute Gasteiger partial charge is 0.254 e. The number of amides is 1. The summed E-state index contributed by atoms with van der Waals surface area (Å²) < 4.78 is 0.850. The Bertz CT molecular complexity index is 492. The third kappa shape index (κ3) is 3.35. The first-order valence-corrected chi connectivity index (χ1v) is 8.31. The van der Waals surface area contributed by atoms with Gasteiger partial charge in [-0.15, -0.1) is 0 Å². The third-order valence-electron chi connectivity index (χ3n) is 3.94. The molecular formula is C15H18BrClN2O. The standard InChI is InChI=1S/C15H18BrClN2O/c16-11-6-10(7-12(17)8-11)15(20)19(14-3-4-14)9-13-2-1-5-18-13/h6-8,13-14,18H,1-5,9H2. The second-order valence-electron chi connectivity index (χ2n) is 5.64. The molecule has 0 spiro atoms. The van der Waals surface area contributed by atoms with Gasteiger partial charge >= 0.3 is 0 Å². The number of hydrogen-bond acceptors (Lipinski definition) is 2. The molecule has 0 bridgehead atoms. The molecule has 2 fully saturated rings. The van der Waals surface area contributed by atoms with Gasteiger partial charge in [0.1, 0.15) is 0 Å². The Kier molecular flexibility index (Phi) is 4.34. The fraction of sp³-hybridized carbons (Fsp3) is 0.533. The summed E-state index contributed by atoms with van der Waals surface area (Å²) in [6, 6.07) is 6.28. The molecule has 1 heterocycles. The number of hydrogen-bond donors (Lipinski definition) is 1. The van der Waals surface area contributed by atoms with Gasteiger partial charge in [-0.3, -0.25) is 4.79 Å². The van der Waals surface area contributed by atoms with Crippen LogP contribution in [0.3, 0.4) is 0 Å². The van der Waals surface area contributed by atoms with Gasteiger partial charge in [0.05, 0.1) is 0 Å². The average molecular weight is 358 g/mol. The van der Waals surface area contributed by atoms with E-state index in [9.17, 15) is 4.79 Å². The highest BCUT2D eigenvalue weighted by molar-refractivity contribution is 9.10. The summed E-state index contributed by atoms with van der Waals surface area (Å²) in [6.07, 6.45) is 4.62. The predicted molar refractivity (Wildman–Crippen MR) is 84.2 cm³/mol. The van der Waals surface area contributed by atoms with Crippen LogP contribution in [0.1, 0.15) is 36.0 Å². The first kappa shape index (κ1) is 14.4. The Morgan fingerprint density at radius 1 is 1.35 bits per heavy atom. The molecule has 1 aliphatic carbocycles. The number of carbonyl (C=O) groups excluding carboxylic acids is 1. The van der Waals surface area contributed by atoms with Crippen LogP contribution in [-0.4, -0.2) is 36.0 Å². The predicted octanol–water partition coefficient (Wildman–Crippen LogP) is 3.46. The van der Waals surface area contributed by atoms with Gasteiger partial charge in [-0.25, -0.2) is 0 Å². The second-order valence-corrected chi connectivity index (χ2v) is 6.99. The van der Waals surface area contributed by atoms with E-state index in [4.69, 9.17) is 11.6 Å². The molecule has 1 aliphatic heterocycles. The third-order valence-corrected chi connectivity index (χ3v) is 4.61. The number of benzene rings is 1. The molecule has 1 aromatic rings. The van der Waals surface area contributed by atoms with Crippen molar-refractivity contribution in [2.75, 3.05) is 13.1 Å². The van der Waals surface area contributed by atoms with Gasteiger partial charge in [-0.2, -0.15) is 0 Å². The van der Waals surface area contributed by atoms with Gasteiger partial charge in [0.15, 0.2) is 0 Å². The van der Waals surface area contributed by atoms with Crippen LogP contribution in [0.2, 0.25) is 5.02 Å². The zero-order valence-electron chi connectivity index (χ0n) is 11.2. The number of nitrogens with zero attached hydrogens (tertiary/aromatic N) is 1. The topological polar surface area (TPSA) is 32.3 Å². The molecule has 0 radical (unpaired) electrons. The Morgan fingerprint density at radius 3 is 2.75 bits per heavy atom. The van der Waals surface area contributed by atoms with Gasteiger partial charge in [-0.1, -0.05) is 27.5 Å². The molecule has 1 N–H and O–H groups in total. The molecule has 3 rings (SSSR count). The molecule has 20 heavy (non-hydrogen) atoms. The van der Waals surface area contributed by atoms with Crippen LogP contribution >= 0.6 is 27.5 Å². The van der Waals surface area contributed by atoms with Crippen molar-refractivity contribution >= 4 is 33.4 Å². The highest BCUT2D eigenvalue weighted by Gasteiger charge is 2.35. The number of carbonyl (C=O) groups is 1. The Morgan fingerprint density at radius 2 is 2.15 bits per heavy atom. The van der Waals surface area contributed by atoms with E-state index in [0.29, 0.717) is 22.7 Å². The molecule has 2 aliphatic rings. The first-order chi connectivity index (χ1) is 9.63. The quantitative estimate of drug-likeness (QED) is 0.895. The van der Waals surface area contributed by atoms with Crippen LogP contribution in [-0.2, 0) is 0 Å². The lowest BCUT2D eigenvalue weighted by Gasteiger charge is -2.26. The maximum absolute atomic E-state index is 12.7. The monoisotopic (exact) mass is 356 g/mol. The molecule has 1 saturated heterocycles. The van der Waals surface area contributed by atoms with Crippen molar-refractivity contribution in [3.63, 3.8) is 0 Å². The van der Waals surface area contributed by atoms with Gasteiger partial charge in [0.2, 0.25) is 0 Å². The normalized spacial score (nSPS) is 22.0. The summed E-state index contributed by atoms with van der Waals surface area (Å²) in [5.41, 5.74) is 0.675. The molecular weight excluding hydrogens is 340 g/mol. The molecule has 3 nitrogen and oxygen atoms in total. The van der Waals surface area contributed by atoms with E-state index >= 15 is 0 Å². The lowest BCUT2D eigenvalue weighted by Crippen LogP contribution is -2.42. The van der Waals surface area contributed by atoms with Gasteiger partial charge in [-0.05, 0) is 50.4 Å². The Hall–Kier alpha value is -0.580. The SMILES string of the molecule is O=C(c1cc(Cl)cc(Br)c1)N(CC1CCCN1)C1CC1. The molecule has 0 aromatic heterocycles. The van der Waals surface area contributed by atoms with E-state index in [1.807, 2.05) is 11.0 Å². The van der Waals surface area contributed by atoms with Crippen molar-refractivity contribution < 1.29 is 4.79 Å². The molecule has 108 valence electrons. The summed E-state index contributed by atoms with van der Waals surface area (Å²) in [5, 5.41) is 4.06. The van der Waals surface area contributed by atoms with Crippen molar-refractivity contribution in [1.29, 1.82) is 0 Å². The highest BCUT2D eigenvalue weighted by atomic mass is 79.9. The van der Waals surface area contributed by atoms with Crippen LogP contribution in [0.15, 0.2) is 22.7 Å². The Balaban J connectivity index is 1.77. The van der Waals surface area contributed by atoms with Crippen molar-refractivity contribution in [1.82, 2.24) is 10.2 Å². The van der Waals surface area contributed by atoms with Crippen molar-refractivity contribution in [2.45, 2.75) is 37.8 Å². The van der Waals surface area contributed by atoms with Gasteiger partial charge in [0.25, 0.3) is 5.91 Å². The summed E-state index contributed by atoms with van der Waals surface area (Å²) >= 11 is 9.46. The van der Waals surface area contributed by atoms with E-state index < -0.39 is 0 Å². The lowest BCUT2D eigenvalue weighted by atomic mass is 10.1. The zero-order valence-corrected chi connectivity index (χ0v) is 13.6. The number of nitrogens with one attached hydrogen (secondary N) is 1. The van der Waals surface area contributed by atoms with E-state index in [-0.39, 0.29) is 5.91 Å². The van der Waals surface area contributed by atoms with Gasteiger partial charge in [0, 0.05) is 33.7 Å². The minimum absolute atomic E-state index is 0.101. The lowest BCUT2D eigenvalue weighted by molar-refractivity contribution is 0.0728. The average Bonchev–Trinajstić information content (AvgIpc) is 3.11. The maximum Gasteiger partial charge on any atom is 0.254 e. The van der Waals surface area contributed by atoms with Crippen LogP contribution in [0.5, 0.6) is 0 Å². The van der Waals surface area contributed by atoms with E-state index in [0.717, 1.165) is 36.8 Å². The summed E-state index contributed by atoms with van der Waals surface area (Å²) in [7, 11) is 0. The number of halogens is 2. The Labute approximate surface area is 132 Å². The van der Waals surface area contributed by atoms with Gasteiger partial charge < -0.3 is 10.2 Å². The second kappa shape index (κ2) is 6.04. The van der Waals surface area contributed by atoms with Crippen LogP contribution < -0.4 is 5.32 Å². The maximum atomic E-state index is 12.7. The number of rotatable bonds is 4. The van der Waals surface area contributed by atoms with Crippen molar-refractivity contribution in [3.05, 3.63) is 33.3 Å². The zero-order chi connectivity index (χ0) is 14.1. The fourth-order valence-corrected chi connectivity index (χ4v) is 3.64. The molecule has 1 unspecified atom stereocenters. The van der Waals surface area contributed by atoms with Crippen LogP contribution in [0, 0.1) is 0 Å². The summed E-state index contributed by atoms with van der Waals surface area (Å²) in [5.74, 6) is 0.101. The summed E-state index contributed by atoms with van der Waals surface area (Å²) in [6.45, 7) is 1.88. The minimum Gasteiger partial charge on any atom is -0.334 e. The van der Waals surface area contributed by atoms with E-state index in [2.05, 4.69) is 21.2 Å². The van der Waals surface area contributed by atoms with Crippen LogP contribution in [0.4, 0.5) is 0 Å². The largest absolute Gasteiger partial charge is 0.334 e. The molecule has 1 saturated carbocycles. The fourth-order valence-electron chi connectivity index (χ4n) is 2.78. The molecule has 1 aromatic carbocycles. The first-order valence-electron chi connectivity index (χ1n) is 7.14. The van der Waals surface area contributed by atoms with E-state index in [1.54, 1.807) is 12.1 Å². The van der Waals surface area contributed by atoms with Crippen molar-refractivity contribution in [3.8, 4) is 0 Å². The highest BCUT2D eigenvalue weighted by Crippen LogP contribution is 2.30. The minimum atomic E-state index is 0.101. The molecule has 1 amide bonds. The molecule has 5 heteroatoms. The van der Waals surface area contributed by atoms with Crippen LogP contribution in [0.25, 0.3) is 0 Å².